The minimum Gasteiger partial charge on any atom is -0.338 e. The van der Waals surface area contributed by atoms with Crippen LogP contribution >= 0.6 is 11.8 Å². The van der Waals surface area contributed by atoms with Gasteiger partial charge in [-0.15, -0.1) is 11.8 Å². The van der Waals surface area contributed by atoms with E-state index < -0.39 is 0 Å². The van der Waals surface area contributed by atoms with Gasteiger partial charge < -0.3 is 9.80 Å². The molecule has 2 amide bonds. The van der Waals surface area contributed by atoms with Crippen molar-refractivity contribution in [1.29, 1.82) is 0 Å². The quantitative estimate of drug-likeness (QED) is 0.793. The van der Waals surface area contributed by atoms with Crippen LogP contribution in [0.1, 0.15) is 55.3 Å². The van der Waals surface area contributed by atoms with Crippen LogP contribution in [0.5, 0.6) is 0 Å². The van der Waals surface area contributed by atoms with Crippen LogP contribution in [0.3, 0.4) is 0 Å². The molecule has 2 saturated heterocycles. The normalized spacial score (nSPS) is 23.4. The highest BCUT2D eigenvalue weighted by molar-refractivity contribution is 8.00. The molecule has 4 rings (SSSR count). The van der Waals surface area contributed by atoms with Gasteiger partial charge in [0, 0.05) is 36.9 Å². The molecule has 26 heavy (non-hydrogen) atoms. The molecular weight excluding hydrogens is 344 g/mol. The zero-order valence-corrected chi connectivity index (χ0v) is 16.2. The van der Waals surface area contributed by atoms with Crippen LogP contribution in [-0.2, 0) is 4.79 Å². The molecule has 1 aliphatic carbocycles. The molecule has 1 aromatic rings. The number of hydrogen-bond donors (Lipinski definition) is 0. The molecular formula is C21H28N2O2S. The van der Waals surface area contributed by atoms with E-state index in [-0.39, 0.29) is 16.7 Å². The maximum absolute atomic E-state index is 13.1. The molecule has 0 bridgehead atoms. The third kappa shape index (κ3) is 3.38. The highest BCUT2D eigenvalue weighted by Gasteiger charge is 2.48. The Bertz CT molecular complexity index is 649. The minimum absolute atomic E-state index is 0.0675. The average Bonchev–Trinajstić information content (AvgIpc) is 3.12. The molecule has 0 radical (unpaired) electrons. The molecule has 3 aliphatic rings. The van der Waals surface area contributed by atoms with Gasteiger partial charge in [-0.05, 0) is 37.8 Å². The van der Waals surface area contributed by atoms with E-state index in [0.29, 0.717) is 5.91 Å². The van der Waals surface area contributed by atoms with Gasteiger partial charge in [0.05, 0.1) is 4.87 Å². The third-order valence-corrected chi connectivity index (χ3v) is 7.80. The van der Waals surface area contributed by atoms with Gasteiger partial charge in [0.25, 0.3) is 5.91 Å². The topological polar surface area (TPSA) is 40.6 Å². The summed E-state index contributed by atoms with van der Waals surface area (Å²) in [6.07, 6.45) is 7.60. The number of carbonyl (C=O) groups is 2. The average molecular weight is 373 g/mol. The number of piperidine rings is 1. The van der Waals surface area contributed by atoms with Gasteiger partial charge in [-0.1, -0.05) is 37.5 Å². The predicted octanol–water partition coefficient (Wildman–Crippen LogP) is 3.77. The summed E-state index contributed by atoms with van der Waals surface area (Å²) in [5.41, 5.74) is 0.762. The monoisotopic (exact) mass is 372 g/mol. The van der Waals surface area contributed by atoms with Crippen molar-refractivity contribution in [3.05, 3.63) is 35.9 Å². The lowest BCUT2D eigenvalue weighted by molar-refractivity contribution is -0.140. The second kappa shape index (κ2) is 7.63. The second-order valence-electron chi connectivity index (χ2n) is 7.78. The molecule has 140 valence electrons. The van der Waals surface area contributed by atoms with Gasteiger partial charge in [0.1, 0.15) is 0 Å². The molecule has 0 atom stereocenters. The van der Waals surface area contributed by atoms with Gasteiger partial charge in [-0.3, -0.25) is 9.59 Å². The number of likely N-dealkylation sites (tertiary alicyclic amines) is 1. The lowest BCUT2D eigenvalue weighted by Crippen LogP contribution is -2.55. The van der Waals surface area contributed by atoms with E-state index >= 15 is 0 Å². The van der Waals surface area contributed by atoms with Crippen LogP contribution in [0.2, 0.25) is 0 Å². The Balaban J connectivity index is 1.42. The van der Waals surface area contributed by atoms with Crippen LogP contribution < -0.4 is 0 Å². The van der Waals surface area contributed by atoms with E-state index in [9.17, 15) is 9.59 Å². The maximum atomic E-state index is 13.1. The number of rotatable bonds is 2. The standard InChI is InChI=1S/C21H28N2O2S/c24-19(17-7-3-1-4-8-17)22-13-11-21(12-14-22)23(15-16-26-21)20(25)18-9-5-2-6-10-18/h1,3-4,7-8,18H,2,5-6,9-16H2. The number of amides is 2. The van der Waals surface area contributed by atoms with Crippen molar-refractivity contribution in [2.45, 2.75) is 49.8 Å². The molecule has 2 aliphatic heterocycles. The van der Waals surface area contributed by atoms with Crippen molar-refractivity contribution in [2.24, 2.45) is 5.92 Å². The van der Waals surface area contributed by atoms with E-state index in [1.54, 1.807) is 0 Å². The summed E-state index contributed by atoms with van der Waals surface area (Å²) in [7, 11) is 0. The SMILES string of the molecule is O=C(c1ccccc1)N1CCC2(CC1)SCCN2C(=O)C1CCCCC1. The first kappa shape index (κ1) is 17.9. The summed E-state index contributed by atoms with van der Waals surface area (Å²) >= 11 is 1.94. The van der Waals surface area contributed by atoms with Crippen molar-refractivity contribution >= 4 is 23.6 Å². The Morgan fingerprint density at radius 1 is 0.962 bits per heavy atom. The predicted molar refractivity (Wildman–Crippen MR) is 105 cm³/mol. The molecule has 1 spiro atoms. The number of thioether (sulfide) groups is 1. The smallest absolute Gasteiger partial charge is 0.253 e. The van der Waals surface area contributed by atoms with Crippen molar-refractivity contribution in [3.8, 4) is 0 Å². The van der Waals surface area contributed by atoms with Crippen molar-refractivity contribution in [2.75, 3.05) is 25.4 Å². The zero-order chi connectivity index (χ0) is 18.0. The van der Waals surface area contributed by atoms with E-state index in [2.05, 4.69) is 4.90 Å². The van der Waals surface area contributed by atoms with Crippen molar-refractivity contribution in [1.82, 2.24) is 9.80 Å². The number of hydrogen-bond acceptors (Lipinski definition) is 3. The van der Waals surface area contributed by atoms with Gasteiger partial charge in [-0.25, -0.2) is 0 Å². The largest absolute Gasteiger partial charge is 0.338 e. The van der Waals surface area contributed by atoms with Gasteiger partial charge in [0.2, 0.25) is 5.91 Å². The maximum Gasteiger partial charge on any atom is 0.253 e. The summed E-state index contributed by atoms with van der Waals surface area (Å²) in [6.45, 7) is 2.37. The summed E-state index contributed by atoms with van der Waals surface area (Å²) < 4.78 is 0. The third-order valence-electron chi connectivity index (χ3n) is 6.25. The Labute approximate surface area is 160 Å². The molecule has 1 saturated carbocycles. The molecule has 3 fully saturated rings. The lowest BCUT2D eigenvalue weighted by Gasteiger charge is -2.45. The molecule has 2 heterocycles. The molecule has 1 aromatic carbocycles. The highest BCUT2D eigenvalue weighted by atomic mass is 32.2. The number of benzene rings is 1. The number of carbonyl (C=O) groups excluding carboxylic acids is 2. The van der Waals surface area contributed by atoms with Gasteiger partial charge >= 0.3 is 0 Å². The fraction of sp³-hybridized carbons (Fsp3) is 0.619. The van der Waals surface area contributed by atoms with Gasteiger partial charge in [-0.2, -0.15) is 0 Å². The molecule has 4 nitrogen and oxygen atoms in total. The van der Waals surface area contributed by atoms with Crippen LogP contribution in [-0.4, -0.2) is 51.9 Å². The zero-order valence-electron chi connectivity index (χ0n) is 15.4. The Morgan fingerprint density at radius 2 is 1.65 bits per heavy atom. The van der Waals surface area contributed by atoms with E-state index in [1.807, 2.05) is 47.0 Å². The molecule has 0 N–H and O–H groups in total. The Kier molecular flexibility index (Phi) is 5.25. The van der Waals surface area contributed by atoms with Crippen LogP contribution in [0.4, 0.5) is 0 Å². The molecule has 5 heteroatoms. The fourth-order valence-corrected chi connectivity index (χ4v) is 6.19. The van der Waals surface area contributed by atoms with Crippen LogP contribution in [0.25, 0.3) is 0 Å². The first-order valence-corrected chi connectivity index (χ1v) is 11.0. The van der Waals surface area contributed by atoms with Gasteiger partial charge in [0.15, 0.2) is 0 Å². The van der Waals surface area contributed by atoms with E-state index in [1.165, 1.54) is 19.3 Å². The van der Waals surface area contributed by atoms with Crippen LogP contribution in [0.15, 0.2) is 30.3 Å². The van der Waals surface area contributed by atoms with Crippen molar-refractivity contribution < 1.29 is 9.59 Å². The van der Waals surface area contributed by atoms with E-state index in [0.717, 1.165) is 56.6 Å². The lowest BCUT2D eigenvalue weighted by atomic mass is 9.87. The second-order valence-corrected chi connectivity index (χ2v) is 9.23. The van der Waals surface area contributed by atoms with Crippen LogP contribution in [0, 0.1) is 5.92 Å². The Hall–Kier alpha value is -1.49. The molecule has 0 unspecified atom stereocenters. The van der Waals surface area contributed by atoms with Crippen molar-refractivity contribution in [3.63, 3.8) is 0 Å². The molecule has 0 aromatic heterocycles. The summed E-state index contributed by atoms with van der Waals surface area (Å²) in [6, 6.07) is 9.53. The Morgan fingerprint density at radius 3 is 2.35 bits per heavy atom. The first-order valence-electron chi connectivity index (χ1n) is 9.99. The summed E-state index contributed by atoms with van der Waals surface area (Å²) in [4.78, 5) is 29.9. The fourth-order valence-electron chi connectivity index (χ4n) is 4.73. The summed E-state index contributed by atoms with van der Waals surface area (Å²) in [5.74, 6) is 1.78. The summed E-state index contributed by atoms with van der Waals surface area (Å²) in [5, 5.41) is 0. The highest BCUT2D eigenvalue weighted by Crippen LogP contribution is 2.45. The van der Waals surface area contributed by atoms with E-state index in [4.69, 9.17) is 0 Å². The number of nitrogens with zero attached hydrogens (tertiary/aromatic N) is 2. The first-order chi connectivity index (χ1) is 12.7. The minimum atomic E-state index is -0.0675.